The number of aryl methyl sites for hydroxylation is 1. The number of hydrogen-bond donors (Lipinski definition) is 2. The van der Waals surface area contributed by atoms with E-state index < -0.39 is 0 Å². The number of benzene rings is 1. The predicted octanol–water partition coefficient (Wildman–Crippen LogP) is 0.593. The van der Waals surface area contributed by atoms with Crippen LogP contribution in [0, 0.1) is 6.92 Å². The Kier molecular flexibility index (Phi) is 3.84. The van der Waals surface area contributed by atoms with Crippen molar-refractivity contribution in [3.05, 3.63) is 29.3 Å². The summed E-state index contributed by atoms with van der Waals surface area (Å²) in [6.45, 7) is 5.39. The van der Waals surface area contributed by atoms with Gasteiger partial charge in [0.15, 0.2) is 0 Å². The van der Waals surface area contributed by atoms with Crippen molar-refractivity contribution in [2.24, 2.45) is 0 Å². The van der Waals surface area contributed by atoms with Gasteiger partial charge >= 0.3 is 0 Å². The Hall–Kier alpha value is -1.59. The van der Waals surface area contributed by atoms with E-state index in [9.17, 15) is 9.90 Å². The summed E-state index contributed by atoms with van der Waals surface area (Å²) >= 11 is 0. The van der Waals surface area contributed by atoms with Crippen LogP contribution >= 0.6 is 0 Å². The Balaban J connectivity index is 1.99. The second-order valence-corrected chi connectivity index (χ2v) is 4.73. The van der Waals surface area contributed by atoms with Crippen molar-refractivity contribution in [2.75, 3.05) is 33.2 Å². The maximum atomic E-state index is 12.1. The summed E-state index contributed by atoms with van der Waals surface area (Å²) in [5, 5.41) is 11.3. The van der Waals surface area contributed by atoms with Crippen LogP contribution in [0.2, 0.25) is 0 Å². The molecular formula is C13H19N3O2. The van der Waals surface area contributed by atoms with Crippen LogP contribution in [0.4, 0.5) is 0 Å². The molecule has 1 aliphatic rings. The third kappa shape index (κ3) is 3.00. The molecule has 1 saturated heterocycles. The van der Waals surface area contributed by atoms with Gasteiger partial charge in [-0.2, -0.15) is 0 Å². The van der Waals surface area contributed by atoms with E-state index in [4.69, 9.17) is 0 Å². The van der Waals surface area contributed by atoms with Crippen LogP contribution in [0.15, 0.2) is 18.2 Å². The molecule has 1 fully saturated rings. The highest BCUT2D eigenvalue weighted by atomic mass is 16.3. The molecule has 2 rings (SSSR count). The van der Waals surface area contributed by atoms with E-state index in [0.717, 1.165) is 31.7 Å². The van der Waals surface area contributed by atoms with Gasteiger partial charge in [-0.05, 0) is 37.7 Å². The minimum Gasteiger partial charge on any atom is -0.508 e. The van der Waals surface area contributed by atoms with Crippen LogP contribution in [0.5, 0.6) is 5.75 Å². The van der Waals surface area contributed by atoms with Gasteiger partial charge in [-0.1, -0.05) is 0 Å². The van der Waals surface area contributed by atoms with Crippen molar-refractivity contribution >= 4 is 5.91 Å². The van der Waals surface area contributed by atoms with Crippen LogP contribution in [0.1, 0.15) is 15.9 Å². The molecule has 0 spiro atoms. The van der Waals surface area contributed by atoms with Crippen molar-refractivity contribution in [3.8, 4) is 5.75 Å². The van der Waals surface area contributed by atoms with Gasteiger partial charge in [-0.25, -0.2) is 5.01 Å². The summed E-state index contributed by atoms with van der Waals surface area (Å²) < 4.78 is 0. The number of rotatable bonds is 2. The van der Waals surface area contributed by atoms with E-state index in [2.05, 4.69) is 17.4 Å². The maximum absolute atomic E-state index is 12.1. The molecule has 0 aliphatic carbocycles. The summed E-state index contributed by atoms with van der Waals surface area (Å²) in [5.74, 6) is 0.0701. The Labute approximate surface area is 107 Å². The zero-order valence-corrected chi connectivity index (χ0v) is 10.8. The molecule has 98 valence electrons. The molecule has 0 bridgehead atoms. The summed E-state index contributed by atoms with van der Waals surface area (Å²) in [6, 6.07) is 4.78. The van der Waals surface area contributed by atoms with E-state index in [1.165, 1.54) is 6.07 Å². The number of aromatic hydroxyl groups is 1. The van der Waals surface area contributed by atoms with Crippen LogP contribution < -0.4 is 5.43 Å². The Morgan fingerprint density at radius 3 is 2.56 bits per heavy atom. The first kappa shape index (κ1) is 12.9. The number of hydrogen-bond acceptors (Lipinski definition) is 4. The van der Waals surface area contributed by atoms with Gasteiger partial charge in [0.2, 0.25) is 0 Å². The van der Waals surface area contributed by atoms with Crippen LogP contribution in [0.3, 0.4) is 0 Å². The lowest BCUT2D eigenvalue weighted by Gasteiger charge is -2.32. The van der Waals surface area contributed by atoms with Gasteiger partial charge in [-0.15, -0.1) is 0 Å². The topological polar surface area (TPSA) is 55.8 Å². The molecule has 0 saturated carbocycles. The normalized spacial score (nSPS) is 17.7. The average molecular weight is 249 g/mol. The Morgan fingerprint density at radius 1 is 1.28 bits per heavy atom. The lowest BCUT2D eigenvalue weighted by atomic mass is 10.1. The molecular weight excluding hydrogens is 230 g/mol. The van der Waals surface area contributed by atoms with Crippen molar-refractivity contribution in [2.45, 2.75) is 6.92 Å². The fourth-order valence-corrected chi connectivity index (χ4v) is 2.02. The van der Waals surface area contributed by atoms with E-state index in [1.54, 1.807) is 12.1 Å². The molecule has 0 aromatic heterocycles. The number of likely N-dealkylation sites (N-methyl/N-ethyl adjacent to an activating group) is 1. The predicted molar refractivity (Wildman–Crippen MR) is 69.4 cm³/mol. The molecule has 2 N–H and O–H groups in total. The quantitative estimate of drug-likeness (QED) is 0.805. The minimum atomic E-state index is -0.114. The van der Waals surface area contributed by atoms with Crippen molar-refractivity contribution < 1.29 is 9.90 Å². The zero-order chi connectivity index (χ0) is 13.1. The lowest BCUT2D eigenvalue weighted by Crippen LogP contribution is -2.52. The SMILES string of the molecule is Cc1cc(O)ccc1C(=O)NN1CCN(C)CC1. The highest BCUT2D eigenvalue weighted by molar-refractivity contribution is 5.95. The van der Waals surface area contributed by atoms with Crippen molar-refractivity contribution in [1.82, 2.24) is 15.3 Å². The number of phenols is 1. The Morgan fingerprint density at radius 2 is 1.94 bits per heavy atom. The number of piperazine rings is 1. The number of nitrogens with one attached hydrogen (secondary N) is 1. The first-order valence-electron chi connectivity index (χ1n) is 6.10. The van der Waals surface area contributed by atoms with E-state index in [0.29, 0.717) is 5.56 Å². The maximum Gasteiger partial charge on any atom is 0.265 e. The van der Waals surface area contributed by atoms with Gasteiger partial charge in [-0.3, -0.25) is 10.2 Å². The van der Waals surface area contributed by atoms with Gasteiger partial charge in [0.1, 0.15) is 5.75 Å². The third-order valence-corrected chi connectivity index (χ3v) is 3.22. The fourth-order valence-electron chi connectivity index (χ4n) is 2.02. The summed E-state index contributed by atoms with van der Waals surface area (Å²) in [6.07, 6.45) is 0. The first-order chi connectivity index (χ1) is 8.56. The molecule has 5 heteroatoms. The molecule has 1 amide bonds. The number of carbonyl (C=O) groups excluding carboxylic acids is 1. The molecule has 0 radical (unpaired) electrons. The number of carbonyl (C=O) groups is 1. The summed E-state index contributed by atoms with van der Waals surface area (Å²) in [5.41, 5.74) is 4.28. The second-order valence-electron chi connectivity index (χ2n) is 4.73. The number of phenolic OH excluding ortho intramolecular Hbond substituents is 1. The third-order valence-electron chi connectivity index (χ3n) is 3.22. The Bertz CT molecular complexity index is 440. The molecule has 18 heavy (non-hydrogen) atoms. The lowest BCUT2D eigenvalue weighted by molar-refractivity contribution is 0.0662. The second kappa shape index (κ2) is 5.37. The largest absolute Gasteiger partial charge is 0.508 e. The van der Waals surface area contributed by atoms with Crippen molar-refractivity contribution in [1.29, 1.82) is 0 Å². The van der Waals surface area contributed by atoms with Gasteiger partial charge in [0.25, 0.3) is 5.91 Å². The van der Waals surface area contributed by atoms with Gasteiger partial charge in [0.05, 0.1) is 0 Å². The van der Waals surface area contributed by atoms with Crippen LogP contribution in [-0.2, 0) is 0 Å². The number of nitrogens with zero attached hydrogens (tertiary/aromatic N) is 2. The molecule has 5 nitrogen and oxygen atoms in total. The highest BCUT2D eigenvalue weighted by Gasteiger charge is 2.17. The first-order valence-corrected chi connectivity index (χ1v) is 6.10. The van der Waals surface area contributed by atoms with Crippen LogP contribution in [0.25, 0.3) is 0 Å². The van der Waals surface area contributed by atoms with Crippen molar-refractivity contribution in [3.63, 3.8) is 0 Å². The standard InChI is InChI=1S/C13H19N3O2/c1-10-9-11(17)3-4-12(10)13(18)14-16-7-5-15(2)6-8-16/h3-4,9,17H,5-8H2,1-2H3,(H,14,18). The molecule has 0 atom stereocenters. The number of hydrazine groups is 1. The van der Waals surface area contributed by atoms with E-state index in [1.807, 2.05) is 11.9 Å². The monoisotopic (exact) mass is 249 g/mol. The van der Waals surface area contributed by atoms with Gasteiger partial charge in [0, 0.05) is 31.7 Å². The minimum absolute atomic E-state index is 0.114. The average Bonchev–Trinajstić information content (AvgIpc) is 2.32. The fraction of sp³-hybridized carbons (Fsp3) is 0.462. The van der Waals surface area contributed by atoms with E-state index in [-0.39, 0.29) is 11.7 Å². The van der Waals surface area contributed by atoms with Crippen LogP contribution in [-0.4, -0.2) is 54.1 Å². The zero-order valence-electron chi connectivity index (χ0n) is 10.8. The molecule has 1 heterocycles. The summed E-state index contributed by atoms with van der Waals surface area (Å²) in [7, 11) is 2.07. The summed E-state index contributed by atoms with van der Waals surface area (Å²) in [4.78, 5) is 14.3. The highest BCUT2D eigenvalue weighted by Crippen LogP contribution is 2.15. The molecule has 0 unspecified atom stereocenters. The van der Waals surface area contributed by atoms with E-state index >= 15 is 0 Å². The molecule has 1 aromatic carbocycles. The molecule has 1 aliphatic heterocycles. The smallest absolute Gasteiger partial charge is 0.265 e. The molecule has 1 aromatic rings. The number of amides is 1. The van der Waals surface area contributed by atoms with Gasteiger partial charge < -0.3 is 10.0 Å².